The maximum absolute atomic E-state index is 6.11. The van der Waals surface area contributed by atoms with Crippen molar-refractivity contribution in [1.82, 2.24) is 4.90 Å². The van der Waals surface area contributed by atoms with E-state index in [2.05, 4.69) is 47.1 Å². The van der Waals surface area contributed by atoms with Crippen LogP contribution in [-0.4, -0.2) is 30.1 Å². The molecule has 0 radical (unpaired) electrons. The Morgan fingerprint density at radius 2 is 2.11 bits per heavy atom. The number of ether oxygens (including phenoxy) is 1. The number of hydrogen-bond donors (Lipinski definition) is 0. The normalized spacial score (nSPS) is 29.2. The van der Waals surface area contributed by atoms with Crippen LogP contribution in [0, 0.1) is 0 Å². The molecule has 2 aliphatic heterocycles. The molecule has 1 aromatic carbocycles. The zero-order valence-electron chi connectivity index (χ0n) is 10.9. The third-order valence-electron chi connectivity index (χ3n) is 3.80. The van der Waals surface area contributed by atoms with Gasteiger partial charge in [0.05, 0.1) is 6.04 Å². The van der Waals surface area contributed by atoms with Crippen molar-refractivity contribution in [2.75, 3.05) is 13.1 Å². The molecule has 3 nitrogen and oxygen atoms in total. The van der Waals surface area contributed by atoms with Crippen LogP contribution in [0.1, 0.15) is 37.9 Å². The third-order valence-corrected chi connectivity index (χ3v) is 3.80. The lowest BCUT2D eigenvalue weighted by molar-refractivity contribution is 0.168. The molecular weight excluding hydrogens is 224 g/mol. The fourth-order valence-electron chi connectivity index (χ4n) is 2.97. The maximum atomic E-state index is 6.11. The number of hydrogen-bond acceptors (Lipinski definition) is 2. The Labute approximate surface area is 108 Å². The number of piperidine rings is 1. The van der Waals surface area contributed by atoms with Gasteiger partial charge in [-0.15, -0.1) is 0 Å². The molecule has 1 aromatic rings. The lowest BCUT2D eigenvalue weighted by Crippen LogP contribution is -2.39. The van der Waals surface area contributed by atoms with Crippen LogP contribution in [0.25, 0.3) is 0 Å². The van der Waals surface area contributed by atoms with Gasteiger partial charge in [0.15, 0.2) is 0 Å². The van der Waals surface area contributed by atoms with E-state index in [4.69, 9.17) is 4.74 Å². The van der Waals surface area contributed by atoms with Gasteiger partial charge in [0.25, 0.3) is 6.02 Å². The van der Waals surface area contributed by atoms with Crippen molar-refractivity contribution in [3.05, 3.63) is 35.9 Å². The predicted octanol–water partition coefficient (Wildman–Crippen LogP) is 2.99. The highest BCUT2D eigenvalue weighted by molar-refractivity contribution is 5.77. The summed E-state index contributed by atoms with van der Waals surface area (Å²) in [6.07, 6.45) is 3.93. The van der Waals surface area contributed by atoms with Crippen molar-refractivity contribution in [1.29, 1.82) is 0 Å². The minimum absolute atomic E-state index is 0.164. The number of nitrogens with zero attached hydrogens (tertiary/aromatic N) is 2. The molecule has 0 aliphatic carbocycles. The standard InChI is InChI=1S/C15H20N2O/c1-2-16-15-17-11-7-6-10-13(17)14(18-15)12-8-4-3-5-9-12/h3-5,8-9,13-14H,2,6-7,10-11H2,1H3/t13-,14-/m1/s1. The fourth-order valence-corrected chi connectivity index (χ4v) is 2.97. The van der Waals surface area contributed by atoms with Gasteiger partial charge >= 0.3 is 0 Å². The largest absolute Gasteiger partial charge is 0.455 e. The van der Waals surface area contributed by atoms with Gasteiger partial charge in [0.1, 0.15) is 6.10 Å². The third kappa shape index (κ3) is 1.98. The fraction of sp³-hybridized carbons (Fsp3) is 0.533. The molecule has 96 valence electrons. The first kappa shape index (κ1) is 11.6. The highest BCUT2D eigenvalue weighted by Crippen LogP contribution is 2.37. The first-order chi connectivity index (χ1) is 8.90. The molecule has 0 saturated carbocycles. The quantitative estimate of drug-likeness (QED) is 0.799. The molecule has 2 saturated heterocycles. The molecule has 0 unspecified atom stereocenters. The van der Waals surface area contributed by atoms with Crippen LogP contribution in [0.15, 0.2) is 35.3 Å². The number of amidine groups is 1. The van der Waals surface area contributed by atoms with Gasteiger partial charge in [-0.05, 0) is 31.7 Å². The van der Waals surface area contributed by atoms with Crippen LogP contribution in [-0.2, 0) is 4.74 Å². The lowest BCUT2D eigenvalue weighted by atomic mass is 9.94. The summed E-state index contributed by atoms with van der Waals surface area (Å²) in [4.78, 5) is 6.87. The van der Waals surface area contributed by atoms with Gasteiger partial charge in [0, 0.05) is 13.1 Å². The van der Waals surface area contributed by atoms with Crippen LogP contribution < -0.4 is 0 Å². The highest BCUT2D eigenvalue weighted by atomic mass is 16.5. The van der Waals surface area contributed by atoms with Crippen molar-refractivity contribution in [2.45, 2.75) is 38.3 Å². The average molecular weight is 244 g/mol. The van der Waals surface area contributed by atoms with Crippen LogP contribution in [0.3, 0.4) is 0 Å². The van der Waals surface area contributed by atoms with Crippen molar-refractivity contribution >= 4 is 6.02 Å². The molecule has 0 spiro atoms. The second kappa shape index (κ2) is 5.01. The van der Waals surface area contributed by atoms with Gasteiger partial charge in [-0.2, -0.15) is 0 Å². The molecule has 3 heteroatoms. The first-order valence-corrected chi connectivity index (χ1v) is 6.93. The van der Waals surface area contributed by atoms with E-state index in [1.807, 2.05) is 0 Å². The summed E-state index contributed by atoms with van der Waals surface area (Å²) in [7, 11) is 0. The van der Waals surface area contributed by atoms with Crippen LogP contribution >= 0.6 is 0 Å². The summed E-state index contributed by atoms with van der Waals surface area (Å²) in [6.45, 7) is 3.94. The topological polar surface area (TPSA) is 24.8 Å². The molecule has 2 fully saturated rings. The Kier molecular flexibility index (Phi) is 3.22. The smallest absolute Gasteiger partial charge is 0.288 e. The van der Waals surface area contributed by atoms with E-state index in [0.717, 1.165) is 19.1 Å². The van der Waals surface area contributed by atoms with E-state index in [0.29, 0.717) is 6.04 Å². The minimum Gasteiger partial charge on any atom is -0.455 e. The van der Waals surface area contributed by atoms with Crippen molar-refractivity contribution in [2.24, 2.45) is 4.99 Å². The predicted molar refractivity (Wildman–Crippen MR) is 72.6 cm³/mol. The van der Waals surface area contributed by atoms with E-state index in [1.165, 1.54) is 24.8 Å². The van der Waals surface area contributed by atoms with E-state index in [-0.39, 0.29) is 6.10 Å². The molecule has 0 aromatic heterocycles. The number of benzene rings is 1. The second-order valence-corrected chi connectivity index (χ2v) is 4.96. The maximum Gasteiger partial charge on any atom is 0.288 e. The Hall–Kier alpha value is -1.51. The van der Waals surface area contributed by atoms with Gasteiger partial charge in [-0.3, -0.25) is 0 Å². The summed E-state index contributed by atoms with van der Waals surface area (Å²) in [5.41, 5.74) is 1.27. The van der Waals surface area contributed by atoms with Gasteiger partial charge in [-0.25, -0.2) is 4.99 Å². The van der Waals surface area contributed by atoms with E-state index in [9.17, 15) is 0 Å². The number of aliphatic imine (C=N–C) groups is 1. The molecular formula is C15H20N2O. The van der Waals surface area contributed by atoms with Crippen LogP contribution in [0.2, 0.25) is 0 Å². The number of fused-ring (bicyclic) bond motifs is 1. The Morgan fingerprint density at radius 1 is 1.28 bits per heavy atom. The Bertz CT molecular complexity index is 429. The zero-order valence-corrected chi connectivity index (χ0v) is 10.9. The summed E-state index contributed by atoms with van der Waals surface area (Å²) in [6, 6.07) is 11.9. The molecule has 2 heterocycles. The Morgan fingerprint density at radius 3 is 2.89 bits per heavy atom. The summed E-state index contributed by atoms with van der Waals surface area (Å²) in [5.74, 6) is 0. The lowest BCUT2D eigenvalue weighted by Gasteiger charge is -2.30. The molecule has 2 atom stereocenters. The van der Waals surface area contributed by atoms with E-state index in [1.54, 1.807) is 0 Å². The van der Waals surface area contributed by atoms with Crippen LogP contribution in [0.5, 0.6) is 0 Å². The average Bonchev–Trinajstić information content (AvgIpc) is 2.80. The summed E-state index contributed by atoms with van der Waals surface area (Å²) in [5, 5.41) is 0. The van der Waals surface area contributed by atoms with Crippen molar-refractivity contribution in [3.8, 4) is 0 Å². The highest BCUT2D eigenvalue weighted by Gasteiger charge is 2.41. The van der Waals surface area contributed by atoms with Gasteiger partial charge in [-0.1, -0.05) is 30.3 Å². The molecule has 18 heavy (non-hydrogen) atoms. The minimum atomic E-state index is 0.164. The molecule has 2 aliphatic rings. The van der Waals surface area contributed by atoms with Gasteiger partial charge in [0.2, 0.25) is 0 Å². The van der Waals surface area contributed by atoms with E-state index >= 15 is 0 Å². The number of rotatable bonds is 2. The first-order valence-electron chi connectivity index (χ1n) is 6.93. The van der Waals surface area contributed by atoms with E-state index < -0.39 is 0 Å². The zero-order chi connectivity index (χ0) is 12.4. The molecule has 3 rings (SSSR count). The summed E-state index contributed by atoms with van der Waals surface area (Å²) < 4.78 is 6.11. The Balaban J connectivity index is 1.89. The van der Waals surface area contributed by atoms with Crippen LogP contribution in [0.4, 0.5) is 0 Å². The van der Waals surface area contributed by atoms with Crippen molar-refractivity contribution in [3.63, 3.8) is 0 Å². The molecule has 0 amide bonds. The molecule has 0 bridgehead atoms. The second-order valence-electron chi connectivity index (χ2n) is 4.96. The summed E-state index contributed by atoms with van der Waals surface area (Å²) >= 11 is 0. The molecule has 0 N–H and O–H groups in total. The monoisotopic (exact) mass is 244 g/mol. The van der Waals surface area contributed by atoms with Gasteiger partial charge < -0.3 is 9.64 Å². The SMILES string of the molecule is CCN=C1O[C@H](c2ccccc2)[C@H]2CCCCN12. The van der Waals surface area contributed by atoms with Crippen molar-refractivity contribution < 1.29 is 4.74 Å².